The molecular weight excluding hydrogens is 545 g/mol. The van der Waals surface area contributed by atoms with Gasteiger partial charge >= 0.3 is 0 Å². The molecule has 182 valence electrons. The van der Waals surface area contributed by atoms with E-state index in [2.05, 4.69) is 50.3 Å². The number of methoxy groups -OCH3 is 2. The summed E-state index contributed by atoms with van der Waals surface area (Å²) >= 11 is 0.0435. The quantitative estimate of drug-likeness (QED) is 0.462. The fourth-order valence-electron chi connectivity index (χ4n) is 4.83. The van der Waals surface area contributed by atoms with Crippen LogP contribution < -0.4 is 14.2 Å². The molecule has 2 atom stereocenters. The average Bonchev–Trinajstić information content (AvgIpc) is 3.28. The van der Waals surface area contributed by atoms with Gasteiger partial charge in [-0.3, -0.25) is 9.80 Å². The first kappa shape index (κ1) is 23.6. The second-order valence-corrected chi connectivity index (χ2v) is 11.6. The predicted octanol–water partition coefficient (Wildman–Crippen LogP) is 3.61. The molecule has 0 saturated carbocycles. The maximum Gasteiger partial charge on any atom is 0.164 e. The van der Waals surface area contributed by atoms with Crippen LogP contribution in [0.4, 0.5) is 0 Å². The Hall–Kier alpha value is -2.17. The van der Waals surface area contributed by atoms with Gasteiger partial charge in [-0.15, -0.1) is 0 Å². The van der Waals surface area contributed by atoms with E-state index in [1.807, 2.05) is 12.1 Å². The number of ether oxygens (including phenoxy) is 3. The molecule has 4 aliphatic heterocycles. The lowest BCUT2D eigenvalue weighted by molar-refractivity contribution is 0.0101. The van der Waals surface area contributed by atoms with E-state index in [-0.39, 0.29) is 32.8 Å². The number of rotatable bonds is 7. The summed E-state index contributed by atoms with van der Waals surface area (Å²) in [5, 5.41) is 4.47. The molecular formula is C26H32IN3O4. The Morgan fingerprint density at radius 2 is 1.88 bits per heavy atom. The van der Waals surface area contributed by atoms with Gasteiger partial charge in [0.05, 0.1) is 20.1 Å². The molecule has 0 N–H and O–H groups in total. The molecule has 1 aromatic carbocycles. The van der Waals surface area contributed by atoms with Crippen LogP contribution in [0.25, 0.3) is 0 Å². The van der Waals surface area contributed by atoms with Gasteiger partial charge in [0.25, 0.3) is 0 Å². The number of hydrogen-bond donors (Lipinski definition) is 0. The molecule has 0 aromatic heterocycles. The summed E-state index contributed by atoms with van der Waals surface area (Å²) in [6.45, 7) is 8.98. The van der Waals surface area contributed by atoms with Crippen LogP contribution in [0, 0.1) is 5.92 Å². The van der Waals surface area contributed by atoms with Gasteiger partial charge in [-0.25, -0.2) is 0 Å². The van der Waals surface area contributed by atoms with Crippen LogP contribution in [0.1, 0.15) is 12.5 Å². The van der Waals surface area contributed by atoms with Crippen LogP contribution in [0.5, 0.6) is 17.2 Å². The third kappa shape index (κ3) is 5.08. The SMILES string of the molecule is COc1cc2c(cc1OC)C1=NOC(CN3CCN(C/C(C)=C/C4=IC=CC=C4)CC3)C1CO2. The van der Waals surface area contributed by atoms with Crippen molar-refractivity contribution in [2.75, 3.05) is 60.1 Å². The monoisotopic (exact) mass is 577 g/mol. The van der Waals surface area contributed by atoms with Crippen molar-refractivity contribution < 1.29 is 19.0 Å². The summed E-state index contributed by atoms with van der Waals surface area (Å²) in [4.78, 5) is 11.0. The zero-order valence-corrected chi connectivity index (χ0v) is 22.2. The molecule has 4 heterocycles. The third-order valence-electron chi connectivity index (χ3n) is 6.66. The summed E-state index contributed by atoms with van der Waals surface area (Å²) < 4.78 is 20.8. The van der Waals surface area contributed by atoms with Crippen molar-refractivity contribution in [2.45, 2.75) is 13.0 Å². The number of halogens is 1. The smallest absolute Gasteiger partial charge is 0.164 e. The van der Waals surface area contributed by atoms with Crippen LogP contribution in [0.15, 0.2) is 51.2 Å². The van der Waals surface area contributed by atoms with E-state index in [9.17, 15) is 0 Å². The Kier molecular flexibility index (Phi) is 7.36. The Balaban J connectivity index is 1.15. The summed E-state index contributed by atoms with van der Waals surface area (Å²) in [7, 11) is 3.27. The largest absolute Gasteiger partial charge is 0.493 e. The molecule has 0 amide bonds. The highest BCUT2D eigenvalue weighted by Gasteiger charge is 2.41. The van der Waals surface area contributed by atoms with Gasteiger partial charge in [-0.2, -0.15) is 0 Å². The van der Waals surface area contributed by atoms with Gasteiger partial charge in [0.15, 0.2) is 17.6 Å². The second-order valence-electron chi connectivity index (χ2n) is 8.98. The van der Waals surface area contributed by atoms with Gasteiger partial charge in [0.1, 0.15) is 18.1 Å². The second kappa shape index (κ2) is 10.6. The highest BCUT2D eigenvalue weighted by atomic mass is 127. The van der Waals surface area contributed by atoms with Gasteiger partial charge in [-0.1, -0.05) is 43.6 Å². The van der Waals surface area contributed by atoms with Crippen molar-refractivity contribution in [3.63, 3.8) is 0 Å². The lowest BCUT2D eigenvalue weighted by Crippen LogP contribution is -2.50. The zero-order valence-electron chi connectivity index (χ0n) is 20.0. The molecule has 0 aliphatic carbocycles. The van der Waals surface area contributed by atoms with E-state index in [0.29, 0.717) is 18.1 Å². The number of piperazine rings is 1. The van der Waals surface area contributed by atoms with E-state index in [0.717, 1.165) is 56.3 Å². The van der Waals surface area contributed by atoms with Crippen molar-refractivity contribution in [1.82, 2.24) is 9.80 Å². The Morgan fingerprint density at radius 1 is 1.12 bits per heavy atom. The molecule has 5 rings (SSSR count). The van der Waals surface area contributed by atoms with Crippen molar-refractivity contribution in [2.24, 2.45) is 11.1 Å². The molecule has 1 fully saturated rings. The van der Waals surface area contributed by atoms with Crippen molar-refractivity contribution in [3.05, 3.63) is 51.7 Å². The number of benzene rings is 1. The van der Waals surface area contributed by atoms with Gasteiger partial charge in [0.2, 0.25) is 0 Å². The van der Waals surface area contributed by atoms with E-state index in [1.54, 1.807) is 14.2 Å². The molecule has 0 bridgehead atoms. The molecule has 1 aromatic rings. The Labute approximate surface area is 211 Å². The number of allylic oxidation sites excluding steroid dienone is 4. The fraction of sp³-hybridized carbons (Fsp3) is 0.462. The van der Waals surface area contributed by atoms with E-state index < -0.39 is 0 Å². The molecule has 0 radical (unpaired) electrons. The first-order valence-electron chi connectivity index (χ1n) is 11.7. The number of oxime groups is 1. The van der Waals surface area contributed by atoms with Crippen molar-refractivity contribution in [1.29, 1.82) is 0 Å². The zero-order chi connectivity index (χ0) is 23.5. The van der Waals surface area contributed by atoms with Gasteiger partial charge in [-0.05, 0) is 29.2 Å². The predicted molar refractivity (Wildman–Crippen MR) is 144 cm³/mol. The number of fused-ring (bicyclic) bond motifs is 3. The molecule has 1 saturated heterocycles. The minimum Gasteiger partial charge on any atom is -0.493 e. The van der Waals surface area contributed by atoms with Crippen molar-refractivity contribution >= 4 is 30.0 Å². The maximum atomic E-state index is 6.08. The first-order valence-corrected chi connectivity index (χ1v) is 14.1. The van der Waals surface area contributed by atoms with Crippen LogP contribution >= 0.6 is 20.7 Å². The molecule has 0 spiro atoms. The first-order chi connectivity index (χ1) is 16.6. The molecule has 8 heteroatoms. The summed E-state index contributed by atoms with van der Waals surface area (Å²) in [6.07, 6.45) is 8.96. The molecule has 4 aliphatic rings. The Morgan fingerprint density at radius 3 is 2.62 bits per heavy atom. The lowest BCUT2D eigenvalue weighted by atomic mass is 9.90. The standard InChI is InChI=1S/C26H32IN3O4/c1-18(12-19-6-4-5-7-27-19)15-29-8-10-30(11-9-29)16-25-21-17-33-22-14-24(32-3)23(31-2)13-20(22)26(21)28-34-25/h4-7,12-14,21,25H,8-11,15-17H2,1-3H3/b18-12+. The molecule has 7 nitrogen and oxygen atoms in total. The maximum absolute atomic E-state index is 6.08. The van der Waals surface area contributed by atoms with Crippen LogP contribution in [0.2, 0.25) is 0 Å². The van der Waals surface area contributed by atoms with Crippen LogP contribution in [0.3, 0.4) is 0 Å². The highest BCUT2D eigenvalue weighted by Crippen LogP contribution is 2.40. The summed E-state index contributed by atoms with van der Waals surface area (Å²) in [5.41, 5.74) is 3.34. The van der Waals surface area contributed by atoms with E-state index in [1.165, 1.54) is 9.08 Å². The van der Waals surface area contributed by atoms with Crippen LogP contribution in [-0.4, -0.2) is 85.2 Å². The van der Waals surface area contributed by atoms with E-state index in [4.69, 9.17) is 19.0 Å². The lowest BCUT2D eigenvalue weighted by Gasteiger charge is -2.36. The molecule has 2 unspecified atom stereocenters. The topological polar surface area (TPSA) is 55.8 Å². The fourth-order valence-corrected chi connectivity index (χ4v) is 6.82. The average molecular weight is 577 g/mol. The minimum atomic E-state index is 0.0101. The number of hydrogen-bond acceptors (Lipinski definition) is 7. The normalized spacial score (nSPS) is 24.7. The third-order valence-corrected chi connectivity index (χ3v) is 8.82. The number of nitrogens with zero attached hydrogens (tertiary/aromatic N) is 3. The van der Waals surface area contributed by atoms with Crippen LogP contribution in [-0.2, 0) is 4.84 Å². The van der Waals surface area contributed by atoms with E-state index >= 15 is 0 Å². The van der Waals surface area contributed by atoms with Crippen molar-refractivity contribution in [3.8, 4) is 17.2 Å². The minimum absolute atomic E-state index is 0.0101. The Bertz CT molecular complexity index is 1070. The van der Waals surface area contributed by atoms with Gasteiger partial charge < -0.3 is 19.0 Å². The summed E-state index contributed by atoms with van der Waals surface area (Å²) in [6, 6.07) is 3.82. The van der Waals surface area contributed by atoms with Gasteiger partial charge in [0, 0.05) is 54.4 Å². The summed E-state index contributed by atoms with van der Waals surface area (Å²) in [5.74, 6) is 2.24. The highest BCUT2D eigenvalue weighted by molar-refractivity contribution is 14.2. The molecule has 34 heavy (non-hydrogen) atoms.